The van der Waals surface area contributed by atoms with Crippen LogP contribution < -0.4 is 5.32 Å². The molecule has 0 saturated heterocycles. The zero-order valence-electron chi connectivity index (χ0n) is 11.4. The molecule has 0 aliphatic carbocycles. The van der Waals surface area contributed by atoms with E-state index in [0.29, 0.717) is 5.76 Å². The lowest BCUT2D eigenvalue weighted by Gasteiger charge is -2.07. The van der Waals surface area contributed by atoms with Gasteiger partial charge in [0, 0.05) is 11.8 Å². The SMILES string of the molecule is Cc1ccc(C)c(NC(=O)/C=C/c2ccc(C)o2)c1. The van der Waals surface area contributed by atoms with Crippen LogP contribution in [0, 0.1) is 20.8 Å². The fraction of sp³-hybridized carbons (Fsp3) is 0.188. The van der Waals surface area contributed by atoms with Gasteiger partial charge in [0.25, 0.3) is 0 Å². The average molecular weight is 255 g/mol. The Bertz CT molecular complexity index is 623. The maximum atomic E-state index is 11.8. The molecule has 0 aliphatic rings. The molecular weight excluding hydrogens is 238 g/mol. The minimum absolute atomic E-state index is 0.164. The summed E-state index contributed by atoms with van der Waals surface area (Å²) < 4.78 is 5.36. The van der Waals surface area contributed by atoms with E-state index < -0.39 is 0 Å². The summed E-state index contributed by atoms with van der Waals surface area (Å²) in [6.07, 6.45) is 3.13. The number of carbonyl (C=O) groups excluding carboxylic acids is 1. The molecule has 1 amide bonds. The van der Waals surface area contributed by atoms with Gasteiger partial charge in [0.1, 0.15) is 11.5 Å². The van der Waals surface area contributed by atoms with Gasteiger partial charge in [-0.25, -0.2) is 0 Å². The predicted octanol–water partition coefficient (Wildman–Crippen LogP) is 3.86. The molecule has 1 heterocycles. The molecule has 2 rings (SSSR count). The van der Waals surface area contributed by atoms with Gasteiger partial charge in [0.05, 0.1) is 0 Å². The Morgan fingerprint density at radius 3 is 2.63 bits per heavy atom. The van der Waals surface area contributed by atoms with Crippen LogP contribution in [0.25, 0.3) is 6.08 Å². The first kappa shape index (κ1) is 13.1. The zero-order chi connectivity index (χ0) is 13.8. The minimum Gasteiger partial charge on any atom is -0.462 e. The maximum Gasteiger partial charge on any atom is 0.248 e. The third-order valence-electron chi connectivity index (χ3n) is 2.81. The van der Waals surface area contributed by atoms with Gasteiger partial charge < -0.3 is 9.73 Å². The standard InChI is InChI=1S/C16H17NO2/c1-11-4-5-12(2)15(10-11)17-16(18)9-8-14-7-6-13(3)19-14/h4-10H,1-3H3,(H,17,18)/b9-8+. The van der Waals surface area contributed by atoms with Crippen molar-refractivity contribution >= 4 is 17.7 Å². The average Bonchev–Trinajstić information content (AvgIpc) is 2.77. The maximum absolute atomic E-state index is 11.8. The van der Waals surface area contributed by atoms with E-state index in [2.05, 4.69) is 5.32 Å². The molecule has 0 bridgehead atoms. The number of hydrogen-bond acceptors (Lipinski definition) is 2. The number of anilines is 1. The highest BCUT2D eigenvalue weighted by molar-refractivity contribution is 6.02. The van der Waals surface area contributed by atoms with Crippen molar-refractivity contribution < 1.29 is 9.21 Å². The van der Waals surface area contributed by atoms with E-state index in [9.17, 15) is 4.79 Å². The van der Waals surface area contributed by atoms with Crippen molar-refractivity contribution in [2.24, 2.45) is 0 Å². The van der Waals surface area contributed by atoms with Crippen LogP contribution >= 0.6 is 0 Å². The van der Waals surface area contributed by atoms with Gasteiger partial charge in [-0.3, -0.25) is 4.79 Å². The highest BCUT2D eigenvalue weighted by Crippen LogP contribution is 2.16. The smallest absolute Gasteiger partial charge is 0.248 e. The fourth-order valence-corrected chi connectivity index (χ4v) is 1.75. The second-order valence-electron chi connectivity index (χ2n) is 4.59. The van der Waals surface area contributed by atoms with Gasteiger partial charge in [0.15, 0.2) is 0 Å². The Hall–Kier alpha value is -2.29. The van der Waals surface area contributed by atoms with Gasteiger partial charge in [-0.05, 0) is 56.2 Å². The lowest BCUT2D eigenvalue weighted by molar-refractivity contribution is -0.111. The topological polar surface area (TPSA) is 42.2 Å². The normalized spacial score (nSPS) is 10.9. The first-order valence-corrected chi connectivity index (χ1v) is 6.17. The monoisotopic (exact) mass is 255 g/mol. The van der Waals surface area contributed by atoms with Gasteiger partial charge in [-0.1, -0.05) is 12.1 Å². The van der Waals surface area contributed by atoms with Crippen molar-refractivity contribution in [3.8, 4) is 0 Å². The molecule has 98 valence electrons. The summed E-state index contributed by atoms with van der Waals surface area (Å²) in [7, 11) is 0. The summed E-state index contributed by atoms with van der Waals surface area (Å²) in [4.78, 5) is 11.8. The van der Waals surface area contributed by atoms with Crippen LogP contribution in [0.3, 0.4) is 0 Å². The number of hydrogen-bond donors (Lipinski definition) is 1. The summed E-state index contributed by atoms with van der Waals surface area (Å²) in [5, 5.41) is 2.86. The molecule has 0 saturated carbocycles. The Morgan fingerprint density at radius 2 is 1.95 bits per heavy atom. The number of benzene rings is 1. The first-order chi connectivity index (χ1) is 9.04. The summed E-state index contributed by atoms with van der Waals surface area (Å²) in [5.41, 5.74) is 3.00. The molecule has 19 heavy (non-hydrogen) atoms. The van der Waals surface area contributed by atoms with Gasteiger partial charge in [-0.15, -0.1) is 0 Å². The quantitative estimate of drug-likeness (QED) is 0.846. The van der Waals surface area contributed by atoms with E-state index in [4.69, 9.17) is 4.42 Å². The molecule has 0 unspecified atom stereocenters. The molecule has 0 spiro atoms. The Morgan fingerprint density at radius 1 is 1.16 bits per heavy atom. The summed E-state index contributed by atoms with van der Waals surface area (Å²) >= 11 is 0. The number of rotatable bonds is 3. The van der Waals surface area contributed by atoms with Crippen molar-refractivity contribution in [1.29, 1.82) is 0 Å². The van der Waals surface area contributed by atoms with Crippen molar-refractivity contribution in [1.82, 2.24) is 0 Å². The molecule has 2 aromatic rings. The van der Waals surface area contributed by atoms with E-state index >= 15 is 0 Å². The van der Waals surface area contributed by atoms with E-state index in [0.717, 1.165) is 22.6 Å². The summed E-state index contributed by atoms with van der Waals surface area (Å²) in [6, 6.07) is 9.66. The van der Waals surface area contributed by atoms with E-state index in [-0.39, 0.29) is 5.91 Å². The molecule has 1 N–H and O–H groups in total. The third kappa shape index (κ3) is 3.58. The van der Waals surface area contributed by atoms with Crippen LogP contribution in [0.4, 0.5) is 5.69 Å². The first-order valence-electron chi connectivity index (χ1n) is 6.17. The van der Waals surface area contributed by atoms with Gasteiger partial charge in [-0.2, -0.15) is 0 Å². The molecule has 1 aromatic carbocycles. The lowest BCUT2D eigenvalue weighted by atomic mass is 10.1. The minimum atomic E-state index is -0.164. The third-order valence-corrected chi connectivity index (χ3v) is 2.81. The zero-order valence-corrected chi connectivity index (χ0v) is 11.4. The Balaban J connectivity index is 2.05. The van der Waals surface area contributed by atoms with Crippen molar-refractivity contribution in [3.63, 3.8) is 0 Å². The second kappa shape index (κ2) is 5.57. The van der Waals surface area contributed by atoms with E-state index in [1.54, 1.807) is 6.08 Å². The van der Waals surface area contributed by atoms with E-state index in [1.807, 2.05) is 51.1 Å². The summed E-state index contributed by atoms with van der Waals surface area (Å²) in [6.45, 7) is 5.83. The van der Waals surface area contributed by atoms with Crippen LogP contribution in [-0.2, 0) is 4.79 Å². The highest BCUT2D eigenvalue weighted by atomic mass is 16.3. The summed E-state index contributed by atoms with van der Waals surface area (Å²) in [5.74, 6) is 1.34. The lowest BCUT2D eigenvalue weighted by Crippen LogP contribution is -2.09. The number of aryl methyl sites for hydroxylation is 3. The molecule has 0 aliphatic heterocycles. The molecule has 1 aromatic heterocycles. The van der Waals surface area contributed by atoms with E-state index in [1.165, 1.54) is 6.08 Å². The van der Waals surface area contributed by atoms with Crippen LogP contribution in [0.5, 0.6) is 0 Å². The molecule has 0 radical (unpaired) electrons. The van der Waals surface area contributed by atoms with Crippen molar-refractivity contribution in [2.75, 3.05) is 5.32 Å². The van der Waals surface area contributed by atoms with Crippen LogP contribution in [0.2, 0.25) is 0 Å². The van der Waals surface area contributed by atoms with Crippen molar-refractivity contribution in [3.05, 3.63) is 59.1 Å². The van der Waals surface area contributed by atoms with Gasteiger partial charge in [0.2, 0.25) is 5.91 Å². The highest BCUT2D eigenvalue weighted by Gasteiger charge is 2.02. The molecular formula is C16H17NO2. The van der Waals surface area contributed by atoms with Crippen LogP contribution in [-0.4, -0.2) is 5.91 Å². The molecule has 3 heteroatoms. The predicted molar refractivity (Wildman–Crippen MR) is 77.0 cm³/mol. The number of carbonyl (C=O) groups is 1. The number of nitrogens with one attached hydrogen (secondary N) is 1. The van der Waals surface area contributed by atoms with Crippen LogP contribution in [0.1, 0.15) is 22.6 Å². The fourth-order valence-electron chi connectivity index (χ4n) is 1.75. The van der Waals surface area contributed by atoms with Gasteiger partial charge >= 0.3 is 0 Å². The largest absolute Gasteiger partial charge is 0.462 e. The van der Waals surface area contributed by atoms with Crippen molar-refractivity contribution in [2.45, 2.75) is 20.8 Å². The molecule has 0 fully saturated rings. The van der Waals surface area contributed by atoms with Crippen LogP contribution in [0.15, 0.2) is 40.8 Å². The Kier molecular flexibility index (Phi) is 3.85. The second-order valence-corrected chi connectivity index (χ2v) is 4.59. The Labute approximate surface area is 112 Å². The molecule has 0 atom stereocenters. The molecule has 3 nitrogen and oxygen atoms in total. The number of amides is 1. The number of furan rings is 1.